The molecule has 1 aromatic carbocycles. The maximum absolute atomic E-state index is 11.3. The maximum atomic E-state index is 11.3. The molecule has 0 aliphatic heterocycles. The number of ketones is 1. The van der Waals surface area contributed by atoms with Crippen molar-refractivity contribution in [1.82, 2.24) is 0 Å². The highest BCUT2D eigenvalue weighted by atomic mass is 79.9. The van der Waals surface area contributed by atoms with Gasteiger partial charge in [-0.25, -0.2) is 0 Å². The number of benzene rings is 1. The predicted molar refractivity (Wildman–Crippen MR) is 72.8 cm³/mol. The second kappa shape index (κ2) is 6.31. The molecule has 1 aromatic rings. The second-order valence-electron chi connectivity index (χ2n) is 3.71. The number of Topliss-reactive ketones (excluding diaryl/α,β-unsaturated/α-hetero) is 1. The smallest absolute Gasteiger partial charge is 0.307 e. The van der Waals surface area contributed by atoms with E-state index in [9.17, 15) is 9.59 Å². The van der Waals surface area contributed by atoms with Crippen LogP contribution in [-0.4, -0.2) is 16.9 Å². The van der Waals surface area contributed by atoms with Crippen LogP contribution in [0.25, 0.3) is 0 Å². The fourth-order valence-corrected chi connectivity index (χ4v) is 2.32. The minimum atomic E-state index is -0.902. The molecule has 0 saturated carbocycles. The largest absolute Gasteiger partial charge is 0.481 e. The first-order valence-electron chi connectivity index (χ1n) is 4.99. The Kier molecular flexibility index (Phi) is 5.33. The third kappa shape index (κ3) is 3.92. The zero-order valence-electron chi connectivity index (χ0n) is 9.24. The molecule has 1 N–H and O–H groups in total. The van der Waals surface area contributed by atoms with Crippen LogP contribution in [0.15, 0.2) is 18.2 Å². The normalized spacial score (nSPS) is 12.2. The topological polar surface area (TPSA) is 54.4 Å². The van der Waals surface area contributed by atoms with Gasteiger partial charge in [-0.1, -0.05) is 50.1 Å². The number of rotatable bonds is 5. The van der Waals surface area contributed by atoms with Crippen molar-refractivity contribution in [1.29, 1.82) is 0 Å². The van der Waals surface area contributed by atoms with Crippen molar-refractivity contribution in [2.75, 3.05) is 0 Å². The van der Waals surface area contributed by atoms with Crippen molar-refractivity contribution >= 4 is 43.6 Å². The quantitative estimate of drug-likeness (QED) is 0.817. The third-order valence-corrected chi connectivity index (χ3v) is 4.12. The van der Waals surface area contributed by atoms with Crippen LogP contribution in [0, 0.1) is 0 Å². The number of hydrogen-bond donors (Lipinski definition) is 1. The zero-order valence-corrected chi connectivity index (χ0v) is 12.4. The maximum Gasteiger partial charge on any atom is 0.307 e. The van der Waals surface area contributed by atoms with Gasteiger partial charge in [-0.15, -0.1) is 0 Å². The summed E-state index contributed by atoms with van der Waals surface area (Å²) in [5.41, 5.74) is 2.39. The summed E-state index contributed by atoms with van der Waals surface area (Å²) in [4.78, 5) is 21.7. The molecule has 5 heteroatoms. The van der Waals surface area contributed by atoms with Crippen molar-refractivity contribution in [2.45, 2.75) is 23.5 Å². The molecule has 0 radical (unpaired) electrons. The Labute approximate surface area is 116 Å². The fraction of sp³-hybridized carbons (Fsp3) is 0.333. The Morgan fingerprint density at radius 1 is 1.41 bits per heavy atom. The lowest BCUT2D eigenvalue weighted by Gasteiger charge is -2.13. The molecule has 1 atom stereocenters. The van der Waals surface area contributed by atoms with Crippen molar-refractivity contribution in [3.63, 3.8) is 0 Å². The average molecular weight is 364 g/mol. The molecule has 1 unspecified atom stereocenters. The van der Waals surface area contributed by atoms with Gasteiger partial charge in [-0.2, -0.15) is 0 Å². The van der Waals surface area contributed by atoms with Gasteiger partial charge in [0, 0.05) is 5.33 Å². The molecule has 0 heterocycles. The van der Waals surface area contributed by atoms with E-state index in [1.165, 1.54) is 6.92 Å². The van der Waals surface area contributed by atoms with Gasteiger partial charge in [0.05, 0.1) is 11.2 Å². The summed E-state index contributed by atoms with van der Waals surface area (Å²) in [5, 5.41) is 9.52. The number of carboxylic acids is 1. The summed E-state index contributed by atoms with van der Waals surface area (Å²) in [6, 6.07) is 5.50. The lowest BCUT2D eigenvalue weighted by Crippen LogP contribution is -2.09. The van der Waals surface area contributed by atoms with E-state index in [0.29, 0.717) is 10.9 Å². The summed E-state index contributed by atoms with van der Waals surface area (Å²) in [5.74, 6) is -0.940. The van der Waals surface area contributed by atoms with Gasteiger partial charge in [-0.05, 0) is 23.6 Å². The molecule has 0 aliphatic rings. The molecule has 17 heavy (non-hydrogen) atoms. The van der Waals surface area contributed by atoms with Crippen LogP contribution in [0.3, 0.4) is 0 Å². The van der Waals surface area contributed by atoms with Crippen LogP contribution in [0.2, 0.25) is 0 Å². The predicted octanol–water partition coefficient (Wildman–Crippen LogP) is 3.23. The Balaban J connectivity index is 3.18. The summed E-state index contributed by atoms with van der Waals surface area (Å²) >= 11 is 6.61. The summed E-state index contributed by atoms with van der Waals surface area (Å²) < 4.78 is 0. The van der Waals surface area contributed by atoms with E-state index >= 15 is 0 Å². The molecule has 0 aliphatic carbocycles. The first-order chi connectivity index (χ1) is 7.95. The van der Waals surface area contributed by atoms with Gasteiger partial charge in [0.15, 0.2) is 0 Å². The molecule has 0 fully saturated rings. The lowest BCUT2D eigenvalue weighted by atomic mass is 9.98. The molecular formula is C12H12Br2O3. The lowest BCUT2D eigenvalue weighted by molar-refractivity contribution is -0.136. The number of carbonyl (C=O) groups excluding carboxylic acids is 1. The van der Waals surface area contributed by atoms with Crippen molar-refractivity contribution in [3.05, 3.63) is 34.9 Å². The standard InChI is InChI=1S/C12H12Br2O3/c1-7(15)12(14)10-3-2-8(6-13)4-9(10)5-11(16)17/h2-4,12H,5-6H2,1H3,(H,16,17). The van der Waals surface area contributed by atoms with Crippen LogP contribution in [0.5, 0.6) is 0 Å². The van der Waals surface area contributed by atoms with Gasteiger partial charge < -0.3 is 5.11 Å². The Bertz CT molecular complexity index is 443. The summed E-state index contributed by atoms with van der Waals surface area (Å²) in [6.07, 6.45) is -0.0778. The number of carbonyl (C=O) groups is 2. The number of carboxylic acid groups (broad SMARTS) is 1. The Morgan fingerprint density at radius 3 is 2.53 bits per heavy atom. The third-order valence-electron chi connectivity index (χ3n) is 2.33. The Morgan fingerprint density at radius 2 is 2.06 bits per heavy atom. The first kappa shape index (κ1) is 14.4. The highest BCUT2D eigenvalue weighted by Gasteiger charge is 2.18. The molecule has 0 aromatic heterocycles. The fourth-order valence-electron chi connectivity index (χ4n) is 1.52. The number of halogens is 2. The molecular weight excluding hydrogens is 352 g/mol. The number of alkyl halides is 2. The minimum Gasteiger partial charge on any atom is -0.481 e. The highest BCUT2D eigenvalue weighted by molar-refractivity contribution is 9.09. The van der Waals surface area contributed by atoms with Crippen molar-refractivity contribution in [3.8, 4) is 0 Å². The summed E-state index contributed by atoms with van der Waals surface area (Å²) in [7, 11) is 0. The van der Waals surface area contributed by atoms with Crippen molar-refractivity contribution < 1.29 is 14.7 Å². The van der Waals surface area contributed by atoms with Gasteiger partial charge in [-0.3, -0.25) is 9.59 Å². The van der Waals surface area contributed by atoms with E-state index in [4.69, 9.17) is 5.11 Å². The molecule has 92 valence electrons. The van der Waals surface area contributed by atoms with Gasteiger partial charge >= 0.3 is 5.97 Å². The van der Waals surface area contributed by atoms with Crippen LogP contribution in [0.1, 0.15) is 28.4 Å². The monoisotopic (exact) mass is 362 g/mol. The van der Waals surface area contributed by atoms with E-state index in [2.05, 4.69) is 31.9 Å². The van der Waals surface area contributed by atoms with Crippen LogP contribution >= 0.6 is 31.9 Å². The van der Waals surface area contributed by atoms with Gasteiger partial charge in [0.2, 0.25) is 0 Å². The minimum absolute atomic E-state index is 0.0387. The highest BCUT2D eigenvalue weighted by Crippen LogP contribution is 2.28. The Hall–Kier alpha value is -0.680. The first-order valence-corrected chi connectivity index (χ1v) is 7.03. The number of hydrogen-bond acceptors (Lipinski definition) is 2. The molecule has 1 rings (SSSR count). The molecule has 0 saturated heterocycles. The van der Waals surface area contributed by atoms with E-state index in [-0.39, 0.29) is 12.2 Å². The van der Waals surface area contributed by atoms with E-state index < -0.39 is 10.8 Å². The second-order valence-corrected chi connectivity index (χ2v) is 5.19. The van der Waals surface area contributed by atoms with Crippen LogP contribution < -0.4 is 0 Å². The molecule has 3 nitrogen and oxygen atoms in total. The van der Waals surface area contributed by atoms with E-state index in [0.717, 1.165) is 11.1 Å². The van der Waals surface area contributed by atoms with E-state index in [1.807, 2.05) is 12.1 Å². The average Bonchev–Trinajstić information content (AvgIpc) is 2.27. The number of aliphatic carboxylic acids is 1. The van der Waals surface area contributed by atoms with Gasteiger partial charge in [0.1, 0.15) is 5.78 Å². The molecule has 0 bridgehead atoms. The van der Waals surface area contributed by atoms with Gasteiger partial charge in [0.25, 0.3) is 0 Å². The molecule has 0 amide bonds. The van der Waals surface area contributed by atoms with Crippen molar-refractivity contribution in [2.24, 2.45) is 0 Å². The van der Waals surface area contributed by atoms with Crippen LogP contribution in [-0.2, 0) is 21.3 Å². The van der Waals surface area contributed by atoms with E-state index in [1.54, 1.807) is 6.07 Å². The molecule has 0 spiro atoms. The summed E-state index contributed by atoms with van der Waals surface area (Å²) in [6.45, 7) is 1.47. The van der Waals surface area contributed by atoms with Crippen LogP contribution in [0.4, 0.5) is 0 Å². The SMILES string of the molecule is CC(=O)C(Br)c1ccc(CBr)cc1CC(=O)O. The zero-order chi connectivity index (χ0) is 13.0.